The molecule has 0 aromatic rings. The van der Waals surface area contributed by atoms with E-state index in [1.54, 1.807) is 0 Å². The van der Waals surface area contributed by atoms with Gasteiger partial charge in [0, 0.05) is 19.1 Å². The van der Waals surface area contributed by atoms with Crippen molar-refractivity contribution in [2.45, 2.75) is 64.5 Å². The van der Waals surface area contributed by atoms with Gasteiger partial charge in [-0.1, -0.05) is 18.9 Å². The molecule has 2 N–H and O–H groups in total. The Morgan fingerprint density at radius 3 is 2.83 bits per heavy atom. The SMILES string of the molecule is CC(C)(C)OC(=O)NCC1CCCCC1NCC1=CCCOC1. The minimum atomic E-state index is -0.443. The van der Waals surface area contributed by atoms with Crippen LogP contribution in [0.4, 0.5) is 4.79 Å². The summed E-state index contributed by atoms with van der Waals surface area (Å²) in [4.78, 5) is 11.8. The van der Waals surface area contributed by atoms with E-state index < -0.39 is 5.60 Å². The first kappa shape index (κ1) is 18.3. The van der Waals surface area contributed by atoms with E-state index in [4.69, 9.17) is 9.47 Å². The van der Waals surface area contributed by atoms with Crippen molar-refractivity contribution in [2.24, 2.45) is 5.92 Å². The van der Waals surface area contributed by atoms with Crippen LogP contribution in [0.15, 0.2) is 11.6 Å². The monoisotopic (exact) mass is 324 g/mol. The van der Waals surface area contributed by atoms with Crippen molar-refractivity contribution in [3.8, 4) is 0 Å². The number of ether oxygens (including phenoxy) is 2. The molecule has 1 amide bonds. The van der Waals surface area contributed by atoms with Crippen LogP contribution in [0, 0.1) is 5.92 Å². The van der Waals surface area contributed by atoms with Gasteiger partial charge in [-0.2, -0.15) is 0 Å². The van der Waals surface area contributed by atoms with Gasteiger partial charge in [0.05, 0.1) is 13.2 Å². The van der Waals surface area contributed by atoms with E-state index in [1.165, 1.54) is 24.8 Å². The molecule has 1 saturated carbocycles. The van der Waals surface area contributed by atoms with Crippen LogP contribution in [-0.2, 0) is 9.47 Å². The molecule has 0 aromatic carbocycles. The topological polar surface area (TPSA) is 59.6 Å². The van der Waals surface area contributed by atoms with Gasteiger partial charge in [-0.15, -0.1) is 0 Å². The molecule has 2 atom stereocenters. The van der Waals surface area contributed by atoms with Crippen molar-refractivity contribution < 1.29 is 14.3 Å². The lowest BCUT2D eigenvalue weighted by Crippen LogP contribution is -2.45. The lowest BCUT2D eigenvalue weighted by molar-refractivity contribution is 0.0511. The number of carbonyl (C=O) groups is 1. The van der Waals surface area contributed by atoms with E-state index in [0.29, 0.717) is 18.5 Å². The normalized spacial score (nSPS) is 25.6. The lowest BCUT2D eigenvalue weighted by Gasteiger charge is -2.33. The summed E-state index contributed by atoms with van der Waals surface area (Å²) in [5, 5.41) is 6.61. The predicted molar refractivity (Wildman–Crippen MR) is 91.5 cm³/mol. The quantitative estimate of drug-likeness (QED) is 0.763. The van der Waals surface area contributed by atoms with Gasteiger partial charge in [-0.05, 0) is 51.5 Å². The molecule has 2 aliphatic rings. The third kappa shape index (κ3) is 6.92. The van der Waals surface area contributed by atoms with Crippen LogP contribution in [0.25, 0.3) is 0 Å². The zero-order chi connectivity index (χ0) is 16.7. The Kier molecular flexibility index (Phi) is 6.90. The standard InChI is InChI=1S/C18H32N2O3/c1-18(2,3)23-17(21)20-12-15-8-4-5-9-16(15)19-11-14-7-6-10-22-13-14/h7,15-16,19H,4-6,8-13H2,1-3H3,(H,20,21). The molecular formula is C18H32N2O3. The number of rotatable bonds is 5. The Morgan fingerprint density at radius 1 is 1.35 bits per heavy atom. The molecule has 0 spiro atoms. The Hall–Kier alpha value is -1.07. The first-order valence-corrected chi connectivity index (χ1v) is 8.90. The third-order valence-electron chi connectivity index (χ3n) is 4.39. The van der Waals surface area contributed by atoms with Gasteiger partial charge in [-0.25, -0.2) is 4.79 Å². The third-order valence-corrected chi connectivity index (χ3v) is 4.39. The van der Waals surface area contributed by atoms with E-state index in [1.807, 2.05) is 20.8 Å². The number of hydrogen-bond donors (Lipinski definition) is 2. The molecule has 0 aromatic heterocycles. The van der Waals surface area contributed by atoms with Crippen molar-refractivity contribution in [3.63, 3.8) is 0 Å². The highest BCUT2D eigenvalue weighted by Crippen LogP contribution is 2.24. The van der Waals surface area contributed by atoms with Gasteiger partial charge in [0.25, 0.3) is 0 Å². The summed E-state index contributed by atoms with van der Waals surface area (Å²) in [6, 6.07) is 0.460. The van der Waals surface area contributed by atoms with Gasteiger partial charge in [0.15, 0.2) is 0 Å². The summed E-state index contributed by atoms with van der Waals surface area (Å²) < 4.78 is 10.8. The molecule has 0 radical (unpaired) electrons. The maximum absolute atomic E-state index is 11.8. The van der Waals surface area contributed by atoms with Crippen molar-refractivity contribution in [1.82, 2.24) is 10.6 Å². The molecule has 132 valence electrons. The van der Waals surface area contributed by atoms with Crippen molar-refractivity contribution in [2.75, 3.05) is 26.3 Å². The molecule has 2 rings (SSSR count). The zero-order valence-electron chi connectivity index (χ0n) is 14.8. The Morgan fingerprint density at radius 2 is 2.13 bits per heavy atom. The second kappa shape index (κ2) is 8.69. The Balaban J connectivity index is 1.76. The van der Waals surface area contributed by atoms with Crippen LogP contribution in [0.3, 0.4) is 0 Å². The van der Waals surface area contributed by atoms with Crippen LogP contribution in [0.5, 0.6) is 0 Å². The maximum Gasteiger partial charge on any atom is 0.407 e. The molecule has 0 saturated heterocycles. The van der Waals surface area contributed by atoms with Gasteiger partial charge in [0.2, 0.25) is 0 Å². The Bertz CT molecular complexity index is 415. The predicted octanol–water partition coefficient (Wildman–Crippen LogP) is 3.01. The molecule has 1 aliphatic heterocycles. The summed E-state index contributed by atoms with van der Waals surface area (Å²) in [5.74, 6) is 0.473. The number of amides is 1. The second-order valence-corrected chi connectivity index (χ2v) is 7.62. The van der Waals surface area contributed by atoms with E-state index >= 15 is 0 Å². The smallest absolute Gasteiger partial charge is 0.407 e. The lowest BCUT2D eigenvalue weighted by atomic mass is 9.84. The molecule has 23 heavy (non-hydrogen) atoms. The average Bonchev–Trinajstić information content (AvgIpc) is 2.51. The van der Waals surface area contributed by atoms with E-state index in [-0.39, 0.29) is 6.09 Å². The van der Waals surface area contributed by atoms with E-state index in [9.17, 15) is 4.79 Å². The molecule has 0 bridgehead atoms. The van der Waals surface area contributed by atoms with Gasteiger partial charge in [-0.3, -0.25) is 0 Å². The highest BCUT2D eigenvalue weighted by atomic mass is 16.6. The number of hydrogen-bond acceptors (Lipinski definition) is 4. The molecule has 1 heterocycles. The molecular weight excluding hydrogens is 292 g/mol. The van der Waals surface area contributed by atoms with Crippen LogP contribution >= 0.6 is 0 Å². The number of nitrogens with one attached hydrogen (secondary N) is 2. The molecule has 5 nitrogen and oxygen atoms in total. The van der Waals surface area contributed by atoms with Crippen LogP contribution < -0.4 is 10.6 Å². The van der Waals surface area contributed by atoms with Gasteiger partial charge in [0.1, 0.15) is 5.60 Å². The highest BCUT2D eigenvalue weighted by Gasteiger charge is 2.26. The van der Waals surface area contributed by atoms with Gasteiger partial charge >= 0.3 is 6.09 Å². The Labute approximate surface area is 140 Å². The zero-order valence-corrected chi connectivity index (χ0v) is 14.8. The van der Waals surface area contributed by atoms with Crippen molar-refractivity contribution in [3.05, 3.63) is 11.6 Å². The highest BCUT2D eigenvalue weighted by molar-refractivity contribution is 5.67. The largest absolute Gasteiger partial charge is 0.444 e. The van der Waals surface area contributed by atoms with Crippen molar-refractivity contribution >= 4 is 6.09 Å². The second-order valence-electron chi connectivity index (χ2n) is 7.62. The summed E-state index contributed by atoms with van der Waals surface area (Å²) in [6.45, 7) is 8.83. The van der Waals surface area contributed by atoms with E-state index in [0.717, 1.165) is 32.6 Å². The van der Waals surface area contributed by atoms with E-state index in [2.05, 4.69) is 16.7 Å². The molecule has 1 aliphatic carbocycles. The summed E-state index contributed by atoms with van der Waals surface area (Å²) in [7, 11) is 0. The van der Waals surface area contributed by atoms with Crippen LogP contribution in [0.1, 0.15) is 52.9 Å². The summed E-state index contributed by atoms with van der Waals surface area (Å²) in [5.41, 5.74) is 0.905. The fraction of sp³-hybridized carbons (Fsp3) is 0.833. The summed E-state index contributed by atoms with van der Waals surface area (Å²) in [6.07, 6.45) is 7.82. The summed E-state index contributed by atoms with van der Waals surface area (Å²) >= 11 is 0. The van der Waals surface area contributed by atoms with Crippen molar-refractivity contribution in [1.29, 1.82) is 0 Å². The fourth-order valence-electron chi connectivity index (χ4n) is 3.24. The minimum Gasteiger partial charge on any atom is -0.444 e. The first-order chi connectivity index (χ1) is 10.9. The maximum atomic E-state index is 11.8. The minimum absolute atomic E-state index is 0.315. The number of alkyl carbamates (subject to hydrolysis) is 1. The number of carbonyl (C=O) groups excluding carboxylic acids is 1. The van der Waals surface area contributed by atoms with Crippen LogP contribution in [0.2, 0.25) is 0 Å². The fourth-order valence-corrected chi connectivity index (χ4v) is 3.24. The molecule has 5 heteroatoms. The van der Waals surface area contributed by atoms with Gasteiger partial charge < -0.3 is 20.1 Å². The van der Waals surface area contributed by atoms with Crippen LogP contribution in [-0.4, -0.2) is 44.0 Å². The first-order valence-electron chi connectivity index (χ1n) is 8.90. The molecule has 1 fully saturated rings. The molecule has 2 unspecified atom stereocenters. The average molecular weight is 324 g/mol.